The molecule has 0 aromatic carbocycles. The van der Waals surface area contributed by atoms with E-state index in [4.69, 9.17) is 4.74 Å². The molecule has 0 aromatic rings. The van der Waals surface area contributed by atoms with Crippen LogP contribution in [0.3, 0.4) is 0 Å². The zero-order valence-electron chi connectivity index (χ0n) is 11.4. The third-order valence-electron chi connectivity index (χ3n) is 3.70. The first-order chi connectivity index (χ1) is 8.92. The van der Waals surface area contributed by atoms with Crippen LogP contribution in [0.4, 0.5) is 0 Å². The quantitative estimate of drug-likeness (QED) is 0.682. The molecule has 0 unspecified atom stereocenters. The van der Waals surface area contributed by atoms with Crippen molar-refractivity contribution in [3.63, 3.8) is 0 Å². The second-order valence-electron chi connectivity index (χ2n) is 5.13. The van der Waals surface area contributed by atoms with Gasteiger partial charge in [-0.25, -0.2) is 13.1 Å². The van der Waals surface area contributed by atoms with Crippen LogP contribution in [0.5, 0.6) is 0 Å². The minimum Gasteiger partial charge on any atom is -0.481 e. The summed E-state index contributed by atoms with van der Waals surface area (Å²) in [5.74, 6) is -1.04. The third-order valence-corrected chi connectivity index (χ3v) is 4.99. The van der Waals surface area contributed by atoms with E-state index in [1.54, 1.807) is 0 Å². The van der Waals surface area contributed by atoms with Crippen LogP contribution in [0.1, 0.15) is 38.5 Å². The minimum atomic E-state index is -3.46. The van der Waals surface area contributed by atoms with E-state index >= 15 is 0 Å². The molecule has 2 N–H and O–H groups in total. The summed E-state index contributed by atoms with van der Waals surface area (Å²) in [6.45, 7) is 0.0871. The van der Waals surface area contributed by atoms with E-state index < -0.39 is 21.4 Å². The summed E-state index contributed by atoms with van der Waals surface area (Å²) in [6.07, 6.45) is 4.79. The maximum atomic E-state index is 11.7. The van der Waals surface area contributed by atoms with Gasteiger partial charge in [0.15, 0.2) is 0 Å². The zero-order valence-corrected chi connectivity index (χ0v) is 12.2. The summed E-state index contributed by atoms with van der Waals surface area (Å²) in [4.78, 5) is 11.5. The smallest absolute Gasteiger partial charge is 0.310 e. The molecule has 112 valence electrons. The van der Waals surface area contributed by atoms with Crippen molar-refractivity contribution < 1.29 is 23.1 Å². The van der Waals surface area contributed by atoms with Crippen molar-refractivity contribution in [2.24, 2.45) is 5.41 Å². The van der Waals surface area contributed by atoms with E-state index in [1.165, 1.54) is 7.11 Å². The Morgan fingerprint density at radius 2 is 1.84 bits per heavy atom. The van der Waals surface area contributed by atoms with Crippen LogP contribution in [0, 0.1) is 5.41 Å². The molecule has 0 saturated heterocycles. The monoisotopic (exact) mass is 293 g/mol. The first-order valence-electron chi connectivity index (χ1n) is 6.62. The van der Waals surface area contributed by atoms with Gasteiger partial charge in [-0.05, 0) is 12.8 Å². The van der Waals surface area contributed by atoms with Crippen LogP contribution >= 0.6 is 0 Å². The fraction of sp³-hybridized carbons (Fsp3) is 0.917. The summed E-state index contributed by atoms with van der Waals surface area (Å²) in [5, 5.41) is 9.43. The first-order valence-corrected chi connectivity index (χ1v) is 8.27. The number of hydrogen-bond donors (Lipinski definition) is 2. The SMILES string of the molecule is COCCS(=O)(=O)NCC1(C(=O)O)CCCCCC1. The van der Waals surface area contributed by atoms with Gasteiger partial charge in [0.1, 0.15) is 0 Å². The lowest BCUT2D eigenvalue weighted by atomic mass is 9.80. The number of aliphatic carboxylic acids is 1. The van der Waals surface area contributed by atoms with Crippen molar-refractivity contribution in [2.75, 3.05) is 26.0 Å². The molecule has 6 nitrogen and oxygen atoms in total. The minimum absolute atomic E-state index is 0.0195. The number of methoxy groups -OCH3 is 1. The van der Waals surface area contributed by atoms with Crippen molar-refractivity contribution in [1.29, 1.82) is 0 Å². The average Bonchev–Trinajstić information content (AvgIpc) is 2.61. The molecular weight excluding hydrogens is 270 g/mol. The third kappa shape index (κ3) is 5.08. The molecule has 0 bridgehead atoms. The molecule has 1 rings (SSSR count). The topological polar surface area (TPSA) is 92.7 Å². The lowest BCUT2D eigenvalue weighted by Crippen LogP contribution is -2.43. The maximum absolute atomic E-state index is 11.7. The van der Waals surface area contributed by atoms with Crippen LogP contribution < -0.4 is 4.72 Å². The van der Waals surface area contributed by atoms with E-state index in [2.05, 4.69) is 4.72 Å². The second kappa shape index (κ2) is 7.21. The largest absolute Gasteiger partial charge is 0.481 e. The fourth-order valence-electron chi connectivity index (χ4n) is 2.38. The van der Waals surface area contributed by atoms with E-state index in [-0.39, 0.29) is 18.9 Å². The van der Waals surface area contributed by atoms with Gasteiger partial charge in [0.05, 0.1) is 17.8 Å². The first kappa shape index (κ1) is 16.4. The number of rotatable bonds is 7. The molecule has 0 spiro atoms. The number of carbonyl (C=O) groups is 1. The van der Waals surface area contributed by atoms with Crippen molar-refractivity contribution in [3.05, 3.63) is 0 Å². The molecule has 0 amide bonds. The Labute approximate surface area is 114 Å². The van der Waals surface area contributed by atoms with Gasteiger partial charge in [0.25, 0.3) is 0 Å². The number of nitrogens with one attached hydrogen (secondary N) is 1. The maximum Gasteiger partial charge on any atom is 0.310 e. The Kier molecular flexibility index (Phi) is 6.22. The summed E-state index contributed by atoms with van der Waals surface area (Å²) in [7, 11) is -2.03. The Balaban J connectivity index is 2.66. The van der Waals surface area contributed by atoms with Crippen LogP contribution in [0.2, 0.25) is 0 Å². The summed E-state index contributed by atoms with van der Waals surface area (Å²) in [6, 6.07) is 0. The average molecular weight is 293 g/mol. The van der Waals surface area contributed by atoms with Gasteiger partial charge in [-0.1, -0.05) is 25.7 Å². The van der Waals surface area contributed by atoms with E-state index in [0.717, 1.165) is 25.7 Å². The van der Waals surface area contributed by atoms with Crippen molar-refractivity contribution in [1.82, 2.24) is 4.72 Å². The van der Waals surface area contributed by atoms with Crippen molar-refractivity contribution in [3.8, 4) is 0 Å². The summed E-state index contributed by atoms with van der Waals surface area (Å²) in [5.41, 5.74) is -0.948. The van der Waals surface area contributed by atoms with Crippen LogP contribution in [0.25, 0.3) is 0 Å². The fourth-order valence-corrected chi connectivity index (χ4v) is 3.41. The Morgan fingerprint density at radius 1 is 1.26 bits per heavy atom. The molecule has 0 radical (unpaired) electrons. The van der Waals surface area contributed by atoms with Gasteiger partial charge in [0, 0.05) is 13.7 Å². The molecule has 19 heavy (non-hydrogen) atoms. The number of ether oxygens (including phenoxy) is 1. The number of sulfonamides is 1. The number of hydrogen-bond acceptors (Lipinski definition) is 4. The van der Waals surface area contributed by atoms with E-state index in [1.807, 2.05) is 0 Å². The molecule has 0 atom stereocenters. The highest BCUT2D eigenvalue weighted by molar-refractivity contribution is 7.89. The lowest BCUT2D eigenvalue weighted by Gasteiger charge is -2.28. The van der Waals surface area contributed by atoms with Crippen LogP contribution in [-0.2, 0) is 19.6 Å². The van der Waals surface area contributed by atoms with Gasteiger partial charge in [0.2, 0.25) is 10.0 Å². The predicted octanol–water partition coefficient (Wildman–Crippen LogP) is 0.977. The highest BCUT2D eigenvalue weighted by atomic mass is 32.2. The molecule has 1 saturated carbocycles. The Bertz CT molecular complexity index is 385. The lowest BCUT2D eigenvalue weighted by molar-refractivity contribution is -0.149. The van der Waals surface area contributed by atoms with E-state index in [0.29, 0.717) is 12.8 Å². The standard InChI is InChI=1S/C12H23NO5S/c1-18-8-9-19(16,17)13-10-12(11(14)15)6-4-2-3-5-7-12/h13H,2-10H2,1H3,(H,14,15). The van der Waals surface area contributed by atoms with Crippen molar-refractivity contribution in [2.45, 2.75) is 38.5 Å². The molecule has 1 fully saturated rings. The van der Waals surface area contributed by atoms with E-state index in [9.17, 15) is 18.3 Å². The normalized spacial score (nSPS) is 19.8. The van der Waals surface area contributed by atoms with Gasteiger partial charge >= 0.3 is 5.97 Å². The second-order valence-corrected chi connectivity index (χ2v) is 7.06. The molecule has 0 aromatic heterocycles. The van der Waals surface area contributed by atoms with Gasteiger partial charge in [-0.3, -0.25) is 4.79 Å². The summed E-state index contributed by atoms with van der Waals surface area (Å²) >= 11 is 0. The number of carboxylic acid groups (broad SMARTS) is 1. The van der Waals surface area contributed by atoms with Gasteiger partial charge < -0.3 is 9.84 Å². The predicted molar refractivity (Wildman–Crippen MR) is 71.4 cm³/mol. The highest BCUT2D eigenvalue weighted by Crippen LogP contribution is 2.35. The molecule has 7 heteroatoms. The molecular formula is C12H23NO5S. The molecule has 1 aliphatic carbocycles. The molecule has 1 aliphatic rings. The Morgan fingerprint density at radius 3 is 2.32 bits per heavy atom. The number of carboxylic acids is 1. The highest BCUT2D eigenvalue weighted by Gasteiger charge is 2.39. The molecule has 0 heterocycles. The summed E-state index contributed by atoms with van der Waals surface area (Å²) < 4.78 is 30.5. The van der Waals surface area contributed by atoms with Gasteiger partial charge in [-0.2, -0.15) is 0 Å². The van der Waals surface area contributed by atoms with Gasteiger partial charge in [-0.15, -0.1) is 0 Å². The van der Waals surface area contributed by atoms with Crippen LogP contribution in [0.15, 0.2) is 0 Å². The van der Waals surface area contributed by atoms with Crippen molar-refractivity contribution >= 4 is 16.0 Å². The molecule has 0 aliphatic heterocycles. The zero-order chi connectivity index (χ0) is 14.4. The Hall–Kier alpha value is -0.660. The van der Waals surface area contributed by atoms with Crippen LogP contribution in [-0.4, -0.2) is 45.5 Å².